The summed E-state index contributed by atoms with van der Waals surface area (Å²) in [4.78, 5) is 15.7. The van der Waals surface area contributed by atoms with Crippen molar-refractivity contribution in [3.05, 3.63) is 40.8 Å². The summed E-state index contributed by atoms with van der Waals surface area (Å²) < 4.78 is 2.36. The van der Waals surface area contributed by atoms with Crippen LogP contribution in [0.2, 0.25) is 0 Å². The van der Waals surface area contributed by atoms with E-state index in [1.165, 1.54) is 6.20 Å². The summed E-state index contributed by atoms with van der Waals surface area (Å²) in [6.07, 6.45) is 4.76. The van der Waals surface area contributed by atoms with E-state index in [1.807, 2.05) is 0 Å². The Kier molecular flexibility index (Phi) is 3.00. The normalized spacial score (nSPS) is 10.1. The molecule has 0 aromatic carbocycles. The van der Waals surface area contributed by atoms with Crippen LogP contribution in [0.25, 0.3) is 0 Å². The van der Waals surface area contributed by atoms with Gasteiger partial charge >= 0.3 is 0 Å². The Hall–Kier alpha value is -1.69. The van der Waals surface area contributed by atoms with Crippen LogP contribution in [0.3, 0.4) is 0 Å². The van der Waals surface area contributed by atoms with Gasteiger partial charge in [0.1, 0.15) is 5.82 Å². The highest BCUT2D eigenvalue weighted by Gasteiger charge is 2.08. The number of aryl methyl sites for hydroxylation is 1. The molecule has 0 saturated heterocycles. The molecule has 0 fully saturated rings. The molecule has 2 aromatic heterocycles. The van der Waals surface area contributed by atoms with E-state index >= 15 is 0 Å². The van der Waals surface area contributed by atoms with E-state index in [4.69, 9.17) is 0 Å². The first-order valence-corrected chi connectivity index (χ1v) is 5.36. The summed E-state index contributed by atoms with van der Waals surface area (Å²) in [6, 6.07) is 3.43. The molecule has 0 bridgehead atoms. The molecule has 0 aliphatic rings. The van der Waals surface area contributed by atoms with Crippen molar-refractivity contribution in [2.45, 2.75) is 0 Å². The molecule has 1 amide bonds. The van der Waals surface area contributed by atoms with E-state index in [-0.39, 0.29) is 5.91 Å². The van der Waals surface area contributed by atoms with E-state index in [0.29, 0.717) is 11.4 Å². The molecule has 0 aliphatic carbocycles. The summed E-state index contributed by atoms with van der Waals surface area (Å²) in [6.45, 7) is 0. The van der Waals surface area contributed by atoms with Gasteiger partial charge in [-0.25, -0.2) is 0 Å². The smallest absolute Gasteiger partial charge is 0.258 e. The second kappa shape index (κ2) is 4.44. The number of carbonyl (C=O) groups is 1. The maximum atomic E-state index is 11.8. The first-order valence-electron chi connectivity index (χ1n) is 4.57. The second-order valence-electron chi connectivity index (χ2n) is 3.19. The van der Waals surface area contributed by atoms with Gasteiger partial charge in [-0.3, -0.25) is 14.5 Å². The average molecular weight is 281 g/mol. The molecule has 1 N–H and O–H groups in total. The molecule has 0 unspecified atom stereocenters. The van der Waals surface area contributed by atoms with Crippen molar-refractivity contribution in [2.24, 2.45) is 7.05 Å². The summed E-state index contributed by atoms with van der Waals surface area (Å²) in [5.41, 5.74) is 0.496. The molecule has 0 aliphatic heterocycles. The SMILES string of the molecule is Cn1nccc1NC(=O)c1cncc(Br)c1. The lowest BCUT2D eigenvalue weighted by Crippen LogP contribution is -2.14. The van der Waals surface area contributed by atoms with Gasteiger partial charge in [0.15, 0.2) is 0 Å². The molecule has 16 heavy (non-hydrogen) atoms. The minimum Gasteiger partial charge on any atom is -0.307 e. The van der Waals surface area contributed by atoms with Gasteiger partial charge in [0.05, 0.1) is 11.8 Å². The van der Waals surface area contributed by atoms with Crippen LogP contribution in [0.1, 0.15) is 10.4 Å². The van der Waals surface area contributed by atoms with Gasteiger partial charge in [0.2, 0.25) is 0 Å². The third kappa shape index (κ3) is 2.27. The third-order valence-corrected chi connectivity index (χ3v) is 2.46. The van der Waals surface area contributed by atoms with Gasteiger partial charge in [-0.2, -0.15) is 5.10 Å². The van der Waals surface area contributed by atoms with Crippen molar-refractivity contribution in [1.82, 2.24) is 14.8 Å². The van der Waals surface area contributed by atoms with E-state index in [0.717, 1.165) is 4.47 Å². The predicted molar refractivity (Wildman–Crippen MR) is 63.1 cm³/mol. The molecule has 6 heteroatoms. The number of amides is 1. The number of nitrogens with one attached hydrogen (secondary N) is 1. The van der Waals surface area contributed by atoms with Crippen molar-refractivity contribution in [2.75, 3.05) is 5.32 Å². The number of aromatic nitrogens is 3. The number of halogens is 1. The zero-order valence-electron chi connectivity index (χ0n) is 8.51. The van der Waals surface area contributed by atoms with Gasteiger partial charge in [0.25, 0.3) is 5.91 Å². The Balaban J connectivity index is 2.18. The van der Waals surface area contributed by atoms with Gasteiger partial charge in [0, 0.05) is 30.0 Å². The van der Waals surface area contributed by atoms with E-state index in [2.05, 4.69) is 31.3 Å². The van der Waals surface area contributed by atoms with E-state index in [9.17, 15) is 4.79 Å². The highest BCUT2D eigenvalue weighted by Crippen LogP contribution is 2.11. The fourth-order valence-electron chi connectivity index (χ4n) is 1.22. The fraction of sp³-hybridized carbons (Fsp3) is 0.100. The molecule has 0 spiro atoms. The Morgan fingerprint density at radius 2 is 2.31 bits per heavy atom. The minimum absolute atomic E-state index is 0.211. The molecule has 5 nitrogen and oxygen atoms in total. The Morgan fingerprint density at radius 3 is 2.94 bits per heavy atom. The van der Waals surface area contributed by atoms with Crippen molar-refractivity contribution in [3.8, 4) is 0 Å². The monoisotopic (exact) mass is 280 g/mol. The Labute approximate surface area is 101 Å². The zero-order chi connectivity index (χ0) is 11.5. The number of nitrogens with zero attached hydrogens (tertiary/aromatic N) is 3. The van der Waals surface area contributed by atoms with E-state index < -0.39 is 0 Å². The van der Waals surface area contributed by atoms with Crippen LogP contribution in [-0.2, 0) is 7.05 Å². The average Bonchev–Trinajstić information content (AvgIpc) is 2.64. The topological polar surface area (TPSA) is 59.8 Å². The third-order valence-electron chi connectivity index (χ3n) is 2.03. The summed E-state index contributed by atoms with van der Waals surface area (Å²) in [5, 5.41) is 6.69. The summed E-state index contributed by atoms with van der Waals surface area (Å²) in [5.74, 6) is 0.433. The second-order valence-corrected chi connectivity index (χ2v) is 4.10. The zero-order valence-corrected chi connectivity index (χ0v) is 10.1. The molecular weight excluding hydrogens is 272 g/mol. The van der Waals surface area contributed by atoms with Crippen LogP contribution in [0, 0.1) is 0 Å². The van der Waals surface area contributed by atoms with Crippen LogP contribution >= 0.6 is 15.9 Å². The molecule has 2 rings (SSSR count). The number of rotatable bonds is 2. The predicted octanol–water partition coefficient (Wildman–Crippen LogP) is 1.83. The highest BCUT2D eigenvalue weighted by atomic mass is 79.9. The van der Waals surface area contributed by atoms with Crippen LogP contribution < -0.4 is 5.32 Å². The Morgan fingerprint density at radius 1 is 1.50 bits per heavy atom. The number of hydrogen-bond donors (Lipinski definition) is 1. The minimum atomic E-state index is -0.211. The van der Waals surface area contributed by atoms with Crippen molar-refractivity contribution >= 4 is 27.7 Å². The first-order chi connectivity index (χ1) is 7.66. The van der Waals surface area contributed by atoms with Crippen molar-refractivity contribution in [1.29, 1.82) is 0 Å². The van der Waals surface area contributed by atoms with Crippen molar-refractivity contribution in [3.63, 3.8) is 0 Å². The van der Waals surface area contributed by atoms with Crippen LogP contribution in [0.15, 0.2) is 35.2 Å². The molecule has 0 atom stereocenters. The van der Waals surface area contributed by atoms with Gasteiger partial charge in [-0.05, 0) is 22.0 Å². The maximum absolute atomic E-state index is 11.8. The Bertz CT molecular complexity index is 523. The quantitative estimate of drug-likeness (QED) is 0.913. The van der Waals surface area contributed by atoms with Crippen LogP contribution in [0.4, 0.5) is 5.82 Å². The highest BCUT2D eigenvalue weighted by molar-refractivity contribution is 9.10. The summed E-state index contributed by atoms with van der Waals surface area (Å²) in [7, 11) is 1.76. The summed E-state index contributed by atoms with van der Waals surface area (Å²) >= 11 is 3.26. The molecule has 2 aromatic rings. The van der Waals surface area contributed by atoms with Gasteiger partial charge < -0.3 is 5.32 Å². The first kappa shape index (κ1) is 10.8. The molecule has 0 saturated carbocycles. The van der Waals surface area contributed by atoms with Crippen LogP contribution in [0.5, 0.6) is 0 Å². The molecule has 0 radical (unpaired) electrons. The number of carbonyl (C=O) groups excluding carboxylic acids is 1. The van der Waals surface area contributed by atoms with Gasteiger partial charge in [-0.15, -0.1) is 0 Å². The van der Waals surface area contributed by atoms with Crippen molar-refractivity contribution < 1.29 is 4.79 Å². The maximum Gasteiger partial charge on any atom is 0.258 e. The standard InChI is InChI=1S/C10H9BrN4O/c1-15-9(2-3-13-15)14-10(16)7-4-8(11)6-12-5-7/h2-6H,1H3,(H,14,16). The molecule has 2 heterocycles. The molecular formula is C10H9BrN4O. The largest absolute Gasteiger partial charge is 0.307 e. The molecule has 82 valence electrons. The fourth-order valence-corrected chi connectivity index (χ4v) is 1.59. The lowest BCUT2D eigenvalue weighted by molar-refractivity contribution is 0.102. The van der Waals surface area contributed by atoms with Gasteiger partial charge in [-0.1, -0.05) is 0 Å². The lowest BCUT2D eigenvalue weighted by atomic mass is 10.3. The number of hydrogen-bond acceptors (Lipinski definition) is 3. The van der Waals surface area contributed by atoms with E-state index in [1.54, 1.807) is 36.3 Å². The number of pyridine rings is 1. The lowest BCUT2D eigenvalue weighted by Gasteiger charge is -2.04. The van der Waals surface area contributed by atoms with Crippen LogP contribution in [-0.4, -0.2) is 20.7 Å². The number of anilines is 1.